The maximum absolute atomic E-state index is 12.6. The predicted octanol–water partition coefficient (Wildman–Crippen LogP) is 3.35. The fraction of sp³-hybridized carbons (Fsp3) is 0.160. The Morgan fingerprint density at radius 1 is 0.971 bits per heavy atom. The molecule has 0 saturated carbocycles. The first-order chi connectivity index (χ1) is 16.9. The van der Waals surface area contributed by atoms with Gasteiger partial charge in [0.2, 0.25) is 0 Å². The van der Waals surface area contributed by atoms with Crippen LogP contribution in [0.4, 0.5) is 0 Å². The Bertz CT molecular complexity index is 1380. The lowest BCUT2D eigenvalue weighted by Crippen LogP contribution is -2.30. The van der Waals surface area contributed by atoms with Crippen molar-refractivity contribution in [2.45, 2.75) is 4.90 Å². The Morgan fingerprint density at radius 3 is 2.46 bits per heavy atom. The Morgan fingerprint density at radius 2 is 1.71 bits per heavy atom. The van der Waals surface area contributed by atoms with Crippen LogP contribution < -0.4 is 9.47 Å². The molecule has 3 aromatic carbocycles. The second kappa shape index (κ2) is 10.4. The van der Waals surface area contributed by atoms with Gasteiger partial charge in [0.1, 0.15) is 23.0 Å². The van der Waals surface area contributed by atoms with E-state index in [0.717, 1.165) is 5.56 Å². The highest BCUT2D eigenvalue weighted by molar-refractivity contribution is 7.90. The Hall–Kier alpha value is -4.18. The highest BCUT2D eigenvalue weighted by atomic mass is 32.2. The first-order valence-corrected chi connectivity index (χ1v) is 12.1. The van der Waals surface area contributed by atoms with Crippen LogP contribution in [0.3, 0.4) is 0 Å². The highest BCUT2D eigenvalue weighted by Gasteiger charge is 2.31. The molecular formula is C25H23N3O6S. The summed E-state index contributed by atoms with van der Waals surface area (Å²) in [7, 11) is -0.761. The maximum atomic E-state index is 12.6. The van der Waals surface area contributed by atoms with Crippen molar-refractivity contribution in [3.63, 3.8) is 0 Å². The minimum Gasteiger partial charge on any atom is -0.497 e. The van der Waals surface area contributed by atoms with Gasteiger partial charge in [0, 0.05) is 5.56 Å². The third-order valence-electron chi connectivity index (χ3n) is 5.16. The number of amidine groups is 1. The van der Waals surface area contributed by atoms with Crippen LogP contribution in [0.25, 0.3) is 0 Å². The van der Waals surface area contributed by atoms with Gasteiger partial charge in [-0.25, -0.2) is 9.80 Å². The lowest BCUT2D eigenvalue weighted by molar-refractivity contribution is 0.0487. The summed E-state index contributed by atoms with van der Waals surface area (Å²) in [5.74, 6) is 0.850. The number of fused-ring (bicyclic) bond motifs is 1. The minimum absolute atomic E-state index is 0.0583. The molecule has 0 spiro atoms. The number of carbonyl (C=O) groups is 1. The van der Waals surface area contributed by atoms with E-state index in [1.54, 1.807) is 67.9 Å². The number of hydrazone groups is 1. The van der Waals surface area contributed by atoms with Gasteiger partial charge in [0.05, 0.1) is 32.5 Å². The molecule has 0 radical (unpaired) electrons. The van der Waals surface area contributed by atoms with Gasteiger partial charge in [-0.05, 0) is 60.2 Å². The molecule has 0 N–H and O–H groups in total. The number of ether oxygens (including phenoxy) is 3. The first kappa shape index (κ1) is 24.0. The minimum atomic E-state index is -3.85. The molecule has 35 heavy (non-hydrogen) atoms. The Balaban J connectivity index is 1.56. The SMILES string of the molecule is COc1ccc(/C=N\N(CCOC(=O)c2cccc(OC)c2)C2=NS(=O)(=O)c3ccccc32)cc1. The Labute approximate surface area is 203 Å². The van der Waals surface area contributed by atoms with E-state index in [2.05, 4.69) is 9.50 Å². The zero-order chi connectivity index (χ0) is 24.8. The van der Waals surface area contributed by atoms with Gasteiger partial charge in [0.25, 0.3) is 10.0 Å². The molecule has 0 atom stereocenters. The Kier molecular flexibility index (Phi) is 7.11. The van der Waals surface area contributed by atoms with E-state index in [1.807, 2.05) is 12.1 Å². The molecule has 1 heterocycles. The third kappa shape index (κ3) is 5.49. The summed E-state index contributed by atoms with van der Waals surface area (Å²) in [4.78, 5) is 12.6. The van der Waals surface area contributed by atoms with Crippen molar-refractivity contribution in [3.8, 4) is 11.5 Å². The summed E-state index contributed by atoms with van der Waals surface area (Å²) in [5.41, 5.74) is 1.53. The summed E-state index contributed by atoms with van der Waals surface area (Å²) in [5, 5.41) is 5.86. The third-order valence-corrected chi connectivity index (χ3v) is 6.49. The molecule has 3 aromatic rings. The molecule has 1 aliphatic heterocycles. The fourth-order valence-electron chi connectivity index (χ4n) is 3.38. The summed E-state index contributed by atoms with van der Waals surface area (Å²) in [6.07, 6.45) is 1.57. The number of rotatable bonds is 8. The molecule has 10 heteroatoms. The zero-order valence-corrected chi connectivity index (χ0v) is 19.9. The molecule has 0 unspecified atom stereocenters. The van der Waals surface area contributed by atoms with E-state index in [9.17, 15) is 13.2 Å². The number of benzene rings is 3. The van der Waals surface area contributed by atoms with Crippen LogP contribution in [0.2, 0.25) is 0 Å². The van der Waals surface area contributed by atoms with Gasteiger partial charge in [-0.15, -0.1) is 4.40 Å². The van der Waals surface area contributed by atoms with Gasteiger partial charge in [-0.3, -0.25) is 0 Å². The summed E-state index contributed by atoms with van der Waals surface area (Å²) in [6, 6.07) is 20.3. The quantitative estimate of drug-likeness (QED) is 0.269. The van der Waals surface area contributed by atoms with Crippen molar-refractivity contribution >= 4 is 28.0 Å². The van der Waals surface area contributed by atoms with E-state index < -0.39 is 16.0 Å². The number of methoxy groups -OCH3 is 2. The smallest absolute Gasteiger partial charge is 0.338 e. The van der Waals surface area contributed by atoms with Crippen LogP contribution in [-0.4, -0.2) is 58.8 Å². The first-order valence-electron chi connectivity index (χ1n) is 10.6. The molecule has 0 aromatic heterocycles. The van der Waals surface area contributed by atoms with E-state index >= 15 is 0 Å². The molecular weight excluding hydrogens is 470 g/mol. The molecule has 0 aliphatic carbocycles. The van der Waals surface area contributed by atoms with Crippen LogP contribution in [0.1, 0.15) is 21.5 Å². The van der Waals surface area contributed by atoms with E-state index in [0.29, 0.717) is 22.6 Å². The van der Waals surface area contributed by atoms with Gasteiger partial charge >= 0.3 is 5.97 Å². The number of hydrogen-bond donors (Lipinski definition) is 0. The van der Waals surface area contributed by atoms with Crippen LogP contribution >= 0.6 is 0 Å². The summed E-state index contributed by atoms with van der Waals surface area (Å²) >= 11 is 0. The summed E-state index contributed by atoms with van der Waals surface area (Å²) in [6.45, 7) is 0.0162. The average Bonchev–Trinajstić information content (AvgIpc) is 3.17. The number of sulfonamides is 1. The van der Waals surface area contributed by atoms with Crippen molar-refractivity contribution in [3.05, 3.63) is 89.5 Å². The van der Waals surface area contributed by atoms with Gasteiger partial charge in [-0.2, -0.15) is 13.5 Å². The molecule has 9 nitrogen and oxygen atoms in total. The van der Waals surface area contributed by atoms with E-state index in [4.69, 9.17) is 14.2 Å². The van der Waals surface area contributed by atoms with Crippen molar-refractivity contribution in [1.82, 2.24) is 5.01 Å². The van der Waals surface area contributed by atoms with Crippen LogP contribution in [0, 0.1) is 0 Å². The number of nitrogens with zero attached hydrogens (tertiary/aromatic N) is 3. The van der Waals surface area contributed by atoms with Crippen LogP contribution in [-0.2, 0) is 14.8 Å². The van der Waals surface area contributed by atoms with Gasteiger partial charge in [0.15, 0.2) is 5.84 Å². The van der Waals surface area contributed by atoms with Crippen molar-refractivity contribution in [1.29, 1.82) is 0 Å². The van der Waals surface area contributed by atoms with Crippen molar-refractivity contribution in [2.24, 2.45) is 9.50 Å². The van der Waals surface area contributed by atoms with Crippen molar-refractivity contribution < 1.29 is 27.4 Å². The summed E-state index contributed by atoms with van der Waals surface area (Å²) < 4.78 is 44.8. The molecule has 1 aliphatic rings. The average molecular weight is 494 g/mol. The van der Waals surface area contributed by atoms with E-state index in [-0.39, 0.29) is 23.9 Å². The zero-order valence-electron chi connectivity index (χ0n) is 19.1. The topological polar surface area (TPSA) is 107 Å². The predicted molar refractivity (Wildman–Crippen MR) is 131 cm³/mol. The lowest BCUT2D eigenvalue weighted by Gasteiger charge is -2.19. The lowest BCUT2D eigenvalue weighted by atomic mass is 10.2. The number of hydrogen-bond acceptors (Lipinski definition) is 8. The van der Waals surface area contributed by atoms with Gasteiger partial charge in [-0.1, -0.05) is 18.2 Å². The molecule has 0 amide bonds. The monoisotopic (exact) mass is 493 g/mol. The van der Waals surface area contributed by atoms with E-state index in [1.165, 1.54) is 18.2 Å². The molecule has 0 saturated heterocycles. The number of esters is 1. The number of carbonyl (C=O) groups excluding carboxylic acids is 1. The maximum Gasteiger partial charge on any atom is 0.338 e. The molecule has 4 rings (SSSR count). The largest absolute Gasteiger partial charge is 0.497 e. The fourth-order valence-corrected chi connectivity index (χ4v) is 4.58. The highest BCUT2D eigenvalue weighted by Crippen LogP contribution is 2.27. The molecule has 0 fully saturated rings. The van der Waals surface area contributed by atoms with Crippen LogP contribution in [0.15, 0.2) is 87.2 Å². The second-order valence-corrected chi connectivity index (χ2v) is 8.97. The van der Waals surface area contributed by atoms with Crippen molar-refractivity contribution in [2.75, 3.05) is 27.4 Å². The van der Waals surface area contributed by atoms with Gasteiger partial charge < -0.3 is 14.2 Å². The normalized spacial score (nSPS) is 13.7. The standard InChI is InChI=1S/C25H23N3O6S/c1-32-20-12-10-18(11-13-20)17-26-28(24-22-8-3-4-9-23(22)35(30,31)27-24)14-15-34-25(29)19-6-5-7-21(16-19)33-2/h3-13,16-17H,14-15H2,1-2H3/b26-17-. The van der Waals surface area contributed by atoms with Crippen LogP contribution in [0.5, 0.6) is 11.5 Å². The molecule has 180 valence electrons. The molecule has 0 bridgehead atoms. The second-order valence-electron chi connectivity index (χ2n) is 7.39.